The zero-order chi connectivity index (χ0) is 22.8. The predicted molar refractivity (Wildman–Crippen MR) is 125 cm³/mol. The molecule has 1 aromatic carbocycles. The molecule has 0 radical (unpaired) electrons. The van der Waals surface area contributed by atoms with Gasteiger partial charge in [0.15, 0.2) is 0 Å². The summed E-state index contributed by atoms with van der Waals surface area (Å²) in [4.78, 5) is 40.2. The number of likely N-dealkylation sites (tertiary alicyclic amines) is 1. The summed E-state index contributed by atoms with van der Waals surface area (Å²) in [5, 5.41) is 10.4. The number of halogens is 1. The highest BCUT2D eigenvalue weighted by Gasteiger charge is 2.51. The Bertz CT molecular complexity index is 1160. The first-order chi connectivity index (χ1) is 15.3. The second-order valence-electron chi connectivity index (χ2n) is 7.63. The van der Waals surface area contributed by atoms with Crippen molar-refractivity contribution < 1.29 is 14.4 Å². The third kappa shape index (κ3) is 4.37. The Hall–Kier alpha value is -3.23. The number of nitrogens with zero attached hydrogens (tertiary/aromatic N) is 1. The van der Waals surface area contributed by atoms with Crippen LogP contribution in [0.15, 0.2) is 54.6 Å². The molecule has 0 spiro atoms. The summed E-state index contributed by atoms with van der Waals surface area (Å²) in [7, 11) is 0. The van der Waals surface area contributed by atoms with Crippen LogP contribution in [0.5, 0.6) is 0 Å². The van der Waals surface area contributed by atoms with Crippen LogP contribution in [0.1, 0.15) is 27.2 Å². The van der Waals surface area contributed by atoms with Crippen molar-refractivity contribution in [3.63, 3.8) is 0 Å². The fourth-order valence-electron chi connectivity index (χ4n) is 4.04. The number of hydrogen-bond acceptors (Lipinski definition) is 5. The van der Waals surface area contributed by atoms with E-state index in [0.29, 0.717) is 21.2 Å². The zero-order valence-electron chi connectivity index (χ0n) is 17.0. The molecule has 32 heavy (non-hydrogen) atoms. The van der Waals surface area contributed by atoms with Crippen LogP contribution in [0.25, 0.3) is 6.08 Å². The standard InChI is InChI=1S/C23H21ClN4O3S/c24-18-10-9-17(32-18)21(29)27-16-8-2-7-15-19(16)23(31)28(22(15)30)11-3-5-13-4-1-6-14(12-13)20(25)26/h1-6,8-10,12,15-16,19H,7,11H2,(H3,25,26)(H,27,29)/b5-3+. The molecule has 1 saturated heterocycles. The van der Waals surface area contributed by atoms with Crippen molar-refractivity contribution in [2.24, 2.45) is 17.6 Å². The second-order valence-corrected chi connectivity index (χ2v) is 9.34. The van der Waals surface area contributed by atoms with E-state index in [1.807, 2.05) is 12.1 Å². The van der Waals surface area contributed by atoms with Crippen LogP contribution in [-0.4, -0.2) is 41.0 Å². The van der Waals surface area contributed by atoms with Crippen molar-refractivity contribution in [3.05, 3.63) is 75.0 Å². The van der Waals surface area contributed by atoms with Gasteiger partial charge in [0.05, 0.1) is 27.1 Å². The molecule has 3 atom stereocenters. The number of carbonyl (C=O) groups is 3. The zero-order valence-corrected chi connectivity index (χ0v) is 18.5. The average molecular weight is 469 g/mol. The van der Waals surface area contributed by atoms with Gasteiger partial charge in [0.25, 0.3) is 5.91 Å². The minimum absolute atomic E-state index is 0.0281. The van der Waals surface area contributed by atoms with E-state index in [9.17, 15) is 14.4 Å². The van der Waals surface area contributed by atoms with E-state index in [1.54, 1.807) is 48.6 Å². The number of amidine groups is 1. The number of imide groups is 1. The lowest BCUT2D eigenvalue weighted by Crippen LogP contribution is -2.45. The Kier molecular flexibility index (Phi) is 6.25. The largest absolute Gasteiger partial charge is 0.384 e. The number of rotatable bonds is 6. The quantitative estimate of drug-likeness (QED) is 0.261. The van der Waals surface area contributed by atoms with E-state index in [2.05, 4.69) is 5.32 Å². The number of thiophene rings is 1. The lowest BCUT2D eigenvalue weighted by molar-refractivity contribution is -0.139. The van der Waals surface area contributed by atoms with Crippen molar-refractivity contribution in [3.8, 4) is 0 Å². The van der Waals surface area contributed by atoms with Crippen LogP contribution in [0.4, 0.5) is 0 Å². The number of nitrogens with two attached hydrogens (primary N) is 1. The number of fused-ring (bicyclic) bond motifs is 1. The fourth-order valence-corrected chi connectivity index (χ4v) is 4.98. The average Bonchev–Trinajstić information content (AvgIpc) is 3.31. The number of carbonyl (C=O) groups excluding carboxylic acids is 3. The van der Waals surface area contributed by atoms with Gasteiger partial charge in [0.2, 0.25) is 11.8 Å². The highest BCUT2D eigenvalue weighted by atomic mass is 35.5. The summed E-state index contributed by atoms with van der Waals surface area (Å²) in [6.07, 6.45) is 7.61. The van der Waals surface area contributed by atoms with Gasteiger partial charge in [-0.25, -0.2) is 0 Å². The molecule has 3 amide bonds. The van der Waals surface area contributed by atoms with Gasteiger partial charge in [0.1, 0.15) is 5.84 Å². The molecule has 7 nitrogen and oxygen atoms in total. The Morgan fingerprint density at radius 3 is 2.81 bits per heavy atom. The summed E-state index contributed by atoms with van der Waals surface area (Å²) < 4.78 is 0.506. The van der Waals surface area contributed by atoms with Gasteiger partial charge in [-0.1, -0.05) is 54.1 Å². The van der Waals surface area contributed by atoms with Crippen LogP contribution in [-0.2, 0) is 9.59 Å². The fraction of sp³-hybridized carbons (Fsp3) is 0.217. The Morgan fingerprint density at radius 2 is 2.09 bits per heavy atom. The first-order valence-corrected chi connectivity index (χ1v) is 11.2. The van der Waals surface area contributed by atoms with Gasteiger partial charge in [0, 0.05) is 12.1 Å². The van der Waals surface area contributed by atoms with Crippen LogP contribution >= 0.6 is 22.9 Å². The first-order valence-electron chi connectivity index (χ1n) is 10.0. The Labute approximate surface area is 194 Å². The number of nitrogens with one attached hydrogen (secondary N) is 2. The molecule has 3 unspecified atom stereocenters. The van der Waals surface area contributed by atoms with Crippen molar-refractivity contribution >= 4 is 52.6 Å². The van der Waals surface area contributed by atoms with Crippen LogP contribution in [0.2, 0.25) is 4.34 Å². The van der Waals surface area contributed by atoms with E-state index in [0.717, 1.165) is 16.9 Å². The van der Waals surface area contributed by atoms with E-state index in [4.69, 9.17) is 22.7 Å². The molecule has 4 rings (SSSR count). The molecule has 4 N–H and O–H groups in total. The SMILES string of the molecule is N=C(N)c1cccc(/C=C/CN2C(=O)C3CC=CC(NC(=O)c4ccc(Cl)s4)C3C2=O)c1. The molecule has 1 aliphatic heterocycles. The Morgan fingerprint density at radius 1 is 1.28 bits per heavy atom. The minimum Gasteiger partial charge on any atom is -0.384 e. The third-order valence-electron chi connectivity index (χ3n) is 5.58. The Balaban J connectivity index is 1.46. The van der Waals surface area contributed by atoms with Crippen LogP contribution in [0.3, 0.4) is 0 Å². The maximum absolute atomic E-state index is 13.1. The molecule has 2 aromatic rings. The maximum Gasteiger partial charge on any atom is 0.261 e. The summed E-state index contributed by atoms with van der Waals surface area (Å²) in [5.41, 5.74) is 6.94. The third-order valence-corrected chi connectivity index (χ3v) is 6.81. The van der Waals surface area contributed by atoms with Gasteiger partial charge >= 0.3 is 0 Å². The number of hydrogen-bond donors (Lipinski definition) is 3. The summed E-state index contributed by atoms with van der Waals surface area (Å²) >= 11 is 7.07. The highest BCUT2D eigenvalue weighted by molar-refractivity contribution is 7.18. The molecule has 1 fully saturated rings. The van der Waals surface area contributed by atoms with E-state index in [1.165, 1.54) is 4.90 Å². The van der Waals surface area contributed by atoms with Gasteiger partial charge in [-0.05, 0) is 30.2 Å². The molecule has 0 saturated carbocycles. The molecule has 1 aromatic heterocycles. The maximum atomic E-state index is 13.1. The smallest absolute Gasteiger partial charge is 0.261 e. The molecule has 1 aliphatic carbocycles. The van der Waals surface area contributed by atoms with Gasteiger partial charge in [-0.15, -0.1) is 11.3 Å². The summed E-state index contributed by atoms with van der Waals surface area (Å²) in [5.74, 6) is -1.98. The molecular formula is C23H21ClN4O3S. The molecule has 2 heterocycles. The van der Waals surface area contributed by atoms with E-state index in [-0.39, 0.29) is 30.1 Å². The normalized spacial score (nSPS) is 22.4. The highest BCUT2D eigenvalue weighted by Crippen LogP contribution is 2.35. The second kappa shape index (κ2) is 9.10. The predicted octanol–water partition coefficient (Wildman–Crippen LogP) is 3.06. The molecule has 164 valence electrons. The van der Waals surface area contributed by atoms with Crippen LogP contribution < -0.4 is 11.1 Å². The van der Waals surface area contributed by atoms with E-state index < -0.39 is 17.9 Å². The molecule has 0 bridgehead atoms. The monoisotopic (exact) mass is 468 g/mol. The van der Waals surface area contributed by atoms with Crippen molar-refractivity contribution in [2.75, 3.05) is 6.54 Å². The van der Waals surface area contributed by atoms with E-state index >= 15 is 0 Å². The number of benzene rings is 1. The lowest BCUT2D eigenvalue weighted by Gasteiger charge is -2.26. The minimum atomic E-state index is -0.624. The molecule has 9 heteroatoms. The van der Waals surface area contributed by atoms with Gasteiger partial charge in [-0.2, -0.15) is 0 Å². The summed E-state index contributed by atoms with van der Waals surface area (Å²) in [6, 6.07) is 9.86. The topological polar surface area (TPSA) is 116 Å². The van der Waals surface area contributed by atoms with Crippen molar-refractivity contribution in [1.29, 1.82) is 5.41 Å². The van der Waals surface area contributed by atoms with Gasteiger partial charge < -0.3 is 11.1 Å². The number of allylic oxidation sites excluding steroid dienone is 1. The first kappa shape index (κ1) is 22.0. The number of amides is 3. The molecular weight excluding hydrogens is 448 g/mol. The van der Waals surface area contributed by atoms with Crippen molar-refractivity contribution in [1.82, 2.24) is 10.2 Å². The van der Waals surface area contributed by atoms with Crippen molar-refractivity contribution in [2.45, 2.75) is 12.5 Å². The lowest BCUT2D eigenvalue weighted by atomic mass is 9.81. The number of nitrogen functional groups attached to an aromatic ring is 1. The summed E-state index contributed by atoms with van der Waals surface area (Å²) in [6.45, 7) is 0.135. The van der Waals surface area contributed by atoms with Gasteiger partial charge in [-0.3, -0.25) is 24.7 Å². The molecule has 2 aliphatic rings. The van der Waals surface area contributed by atoms with Crippen LogP contribution in [0, 0.1) is 17.2 Å².